The number of fused-ring (bicyclic) bond motifs is 1. The molecule has 8 nitrogen and oxygen atoms in total. The average molecular weight is 356 g/mol. The van der Waals surface area contributed by atoms with Gasteiger partial charge >= 0.3 is 0 Å². The maximum atomic E-state index is 12.1. The third kappa shape index (κ3) is 3.66. The fourth-order valence-electron chi connectivity index (χ4n) is 1.90. The van der Waals surface area contributed by atoms with Gasteiger partial charge in [-0.2, -0.15) is 0 Å². The van der Waals surface area contributed by atoms with Crippen molar-refractivity contribution < 1.29 is 13.2 Å². The predicted molar refractivity (Wildman–Crippen MR) is 89.3 cm³/mol. The zero-order valence-corrected chi connectivity index (χ0v) is 14.1. The van der Waals surface area contributed by atoms with E-state index in [1.807, 2.05) is 0 Å². The Morgan fingerprint density at radius 1 is 1.48 bits per heavy atom. The van der Waals surface area contributed by atoms with E-state index < -0.39 is 21.2 Å². The highest BCUT2D eigenvalue weighted by Crippen LogP contribution is 2.10. The smallest absolute Gasteiger partial charge is 0.261 e. The number of benzene rings is 1. The van der Waals surface area contributed by atoms with Crippen molar-refractivity contribution in [3.8, 4) is 0 Å². The van der Waals surface area contributed by atoms with Crippen molar-refractivity contribution >= 4 is 39.1 Å². The SMILES string of the molecule is C[C@H](CNC(=O)c1ccc2c(=O)n(C)c(=S)[nH]c2c1)S(N)(=O)=O. The maximum Gasteiger partial charge on any atom is 0.261 e. The summed E-state index contributed by atoms with van der Waals surface area (Å²) in [7, 11) is -2.16. The zero-order chi connectivity index (χ0) is 17.4. The van der Waals surface area contributed by atoms with Gasteiger partial charge in [0.2, 0.25) is 10.0 Å². The molecule has 0 aliphatic heterocycles. The van der Waals surface area contributed by atoms with Gasteiger partial charge in [0.1, 0.15) is 0 Å². The van der Waals surface area contributed by atoms with Gasteiger partial charge in [0.25, 0.3) is 11.5 Å². The Bertz CT molecular complexity index is 991. The Labute approximate surface area is 137 Å². The summed E-state index contributed by atoms with van der Waals surface area (Å²) in [6.45, 7) is 1.29. The minimum Gasteiger partial charge on any atom is -0.351 e. The van der Waals surface area contributed by atoms with Crippen molar-refractivity contribution in [2.45, 2.75) is 12.2 Å². The van der Waals surface area contributed by atoms with Crippen molar-refractivity contribution in [2.75, 3.05) is 6.54 Å². The fraction of sp³-hybridized carbons (Fsp3) is 0.308. The monoisotopic (exact) mass is 356 g/mol. The number of amides is 1. The Morgan fingerprint density at radius 3 is 2.74 bits per heavy atom. The van der Waals surface area contributed by atoms with Crippen LogP contribution >= 0.6 is 12.2 Å². The molecular weight excluding hydrogens is 340 g/mol. The molecule has 0 bridgehead atoms. The summed E-state index contributed by atoms with van der Waals surface area (Å²) in [5, 5.41) is 6.98. The highest BCUT2D eigenvalue weighted by Gasteiger charge is 2.17. The van der Waals surface area contributed by atoms with E-state index in [0.717, 1.165) is 0 Å². The Balaban J connectivity index is 2.31. The molecule has 2 aromatic rings. The van der Waals surface area contributed by atoms with Gasteiger partial charge in [-0.15, -0.1) is 0 Å². The van der Waals surface area contributed by atoms with E-state index in [-0.39, 0.29) is 22.4 Å². The van der Waals surface area contributed by atoms with Gasteiger partial charge in [-0.3, -0.25) is 14.2 Å². The van der Waals surface area contributed by atoms with E-state index in [2.05, 4.69) is 10.3 Å². The highest BCUT2D eigenvalue weighted by atomic mass is 32.2. The van der Waals surface area contributed by atoms with Crippen LogP contribution in [0.25, 0.3) is 10.9 Å². The number of aromatic amines is 1. The summed E-state index contributed by atoms with van der Waals surface area (Å²) in [4.78, 5) is 27.0. The Morgan fingerprint density at radius 2 is 2.13 bits per heavy atom. The van der Waals surface area contributed by atoms with Gasteiger partial charge in [-0.05, 0) is 37.3 Å². The molecule has 0 aliphatic carbocycles. The van der Waals surface area contributed by atoms with Crippen molar-refractivity contribution in [1.29, 1.82) is 0 Å². The minimum absolute atomic E-state index is 0.109. The molecule has 1 aromatic carbocycles. The van der Waals surface area contributed by atoms with Crippen molar-refractivity contribution in [1.82, 2.24) is 14.9 Å². The Kier molecular flexibility index (Phi) is 4.68. The summed E-state index contributed by atoms with van der Waals surface area (Å²) in [5.74, 6) is -0.470. The standard InChI is InChI=1S/C13H16N4O4S2/c1-7(23(14,20)21)6-15-11(18)8-3-4-9-10(5-8)16-13(22)17(2)12(9)19/h3-5,7H,6H2,1-2H3,(H,15,18)(H,16,22)(H2,14,20,21)/t7-/m1/s1. The molecule has 23 heavy (non-hydrogen) atoms. The van der Waals surface area contributed by atoms with Gasteiger partial charge in [-0.25, -0.2) is 13.6 Å². The molecular formula is C13H16N4O4S2. The number of rotatable bonds is 4. The van der Waals surface area contributed by atoms with Crippen LogP contribution in [-0.2, 0) is 17.1 Å². The van der Waals surface area contributed by atoms with Crippen LogP contribution in [-0.4, -0.2) is 35.7 Å². The number of nitrogens with two attached hydrogens (primary N) is 1. The van der Waals surface area contributed by atoms with E-state index in [1.54, 1.807) is 7.05 Å². The first kappa shape index (κ1) is 17.3. The first-order valence-electron chi connectivity index (χ1n) is 6.64. The van der Waals surface area contributed by atoms with E-state index in [0.29, 0.717) is 10.9 Å². The number of primary sulfonamides is 1. The van der Waals surface area contributed by atoms with E-state index >= 15 is 0 Å². The van der Waals surface area contributed by atoms with Gasteiger partial charge in [0.05, 0.1) is 16.2 Å². The molecule has 4 N–H and O–H groups in total. The largest absolute Gasteiger partial charge is 0.351 e. The number of H-pyrrole nitrogens is 1. The summed E-state index contributed by atoms with van der Waals surface area (Å²) in [5.41, 5.74) is 0.446. The number of nitrogens with one attached hydrogen (secondary N) is 2. The van der Waals surface area contributed by atoms with Crippen LogP contribution in [0.2, 0.25) is 0 Å². The highest BCUT2D eigenvalue weighted by molar-refractivity contribution is 7.89. The van der Waals surface area contributed by atoms with Crippen LogP contribution in [0.5, 0.6) is 0 Å². The third-order valence-electron chi connectivity index (χ3n) is 3.47. The molecule has 1 aromatic heterocycles. The first-order chi connectivity index (χ1) is 10.6. The number of carbonyl (C=O) groups is 1. The lowest BCUT2D eigenvalue weighted by atomic mass is 10.1. The van der Waals surface area contributed by atoms with Gasteiger partial charge in [0.15, 0.2) is 4.77 Å². The molecule has 0 saturated carbocycles. The number of hydrogen-bond acceptors (Lipinski definition) is 5. The van der Waals surface area contributed by atoms with E-state index in [4.69, 9.17) is 17.4 Å². The molecule has 0 radical (unpaired) electrons. The van der Waals surface area contributed by atoms with Gasteiger partial charge in [0, 0.05) is 19.2 Å². The quantitative estimate of drug-likeness (QED) is 0.665. The lowest BCUT2D eigenvalue weighted by molar-refractivity contribution is 0.0954. The molecule has 0 saturated heterocycles. The average Bonchev–Trinajstić information content (AvgIpc) is 2.48. The second-order valence-electron chi connectivity index (χ2n) is 5.16. The van der Waals surface area contributed by atoms with E-state index in [9.17, 15) is 18.0 Å². The number of hydrogen-bond donors (Lipinski definition) is 3. The summed E-state index contributed by atoms with van der Waals surface area (Å²) in [6, 6.07) is 4.49. The van der Waals surface area contributed by atoms with Crippen LogP contribution in [0.1, 0.15) is 17.3 Å². The Hall–Kier alpha value is -2.04. The number of sulfonamides is 1. The van der Waals surface area contributed by atoms with Crippen LogP contribution in [0, 0.1) is 4.77 Å². The van der Waals surface area contributed by atoms with Gasteiger partial charge < -0.3 is 10.3 Å². The molecule has 1 heterocycles. The lowest BCUT2D eigenvalue weighted by Gasteiger charge is -2.11. The minimum atomic E-state index is -3.71. The molecule has 124 valence electrons. The van der Waals surface area contributed by atoms with Crippen LogP contribution in [0.15, 0.2) is 23.0 Å². The lowest BCUT2D eigenvalue weighted by Crippen LogP contribution is -2.38. The second kappa shape index (κ2) is 6.22. The van der Waals surface area contributed by atoms with Crippen molar-refractivity contribution in [3.05, 3.63) is 38.9 Å². The second-order valence-corrected chi connectivity index (χ2v) is 7.53. The topological polar surface area (TPSA) is 127 Å². The number of carbonyl (C=O) groups excluding carboxylic acids is 1. The number of aromatic nitrogens is 2. The van der Waals surface area contributed by atoms with Crippen molar-refractivity contribution in [2.24, 2.45) is 12.2 Å². The molecule has 1 amide bonds. The molecule has 0 fully saturated rings. The summed E-state index contributed by atoms with van der Waals surface area (Å²) >= 11 is 5.03. The van der Waals surface area contributed by atoms with Gasteiger partial charge in [-0.1, -0.05) is 0 Å². The normalized spacial score (nSPS) is 13.0. The molecule has 0 aliphatic rings. The van der Waals surface area contributed by atoms with E-state index in [1.165, 1.54) is 29.7 Å². The first-order valence-corrected chi connectivity index (χ1v) is 8.66. The molecule has 2 rings (SSSR count). The molecule has 0 unspecified atom stereocenters. The maximum absolute atomic E-state index is 12.1. The fourth-order valence-corrected chi connectivity index (χ4v) is 2.41. The molecule has 0 spiro atoms. The third-order valence-corrected chi connectivity index (χ3v) is 5.14. The summed E-state index contributed by atoms with van der Waals surface area (Å²) < 4.78 is 23.8. The van der Waals surface area contributed by atoms with Crippen LogP contribution in [0.3, 0.4) is 0 Å². The molecule has 10 heteroatoms. The zero-order valence-electron chi connectivity index (χ0n) is 12.5. The van der Waals surface area contributed by atoms with Crippen LogP contribution < -0.4 is 16.0 Å². The van der Waals surface area contributed by atoms with Crippen LogP contribution in [0.4, 0.5) is 0 Å². The number of nitrogens with zero attached hydrogens (tertiary/aromatic N) is 1. The predicted octanol–water partition coefficient (Wildman–Crippen LogP) is 0.00289. The molecule has 1 atom stereocenters. The summed E-state index contributed by atoms with van der Waals surface area (Å²) in [6.07, 6.45) is 0. The van der Waals surface area contributed by atoms with Crippen molar-refractivity contribution in [3.63, 3.8) is 0 Å².